The number of anilines is 1. The second-order valence-electron chi connectivity index (χ2n) is 8.44. The van der Waals surface area contributed by atoms with E-state index in [1.165, 1.54) is 42.6 Å². The van der Waals surface area contributed by atoms with Gasteiger partial charge in [-0.05, 0) is 43.0 Å². The number of piperidine rings is 1. The highest BCUT2D eigenvalue weighted by atomic mass is 35.5. The monoisotopic (exact) mass is 439 g/mol. The number of phenolic OH excluding ortho intramolecular Hbond substituents is 2. The molecule has 0 bridgehead atoms. The first-order valence-electron chi connectivity index (χ1n) is 10.8. The summed E-state index contributed by atoms with van der Waals surface area (Å²) in [7, 11) is 0. The van der Waals surface area contributed by atoms with Crippen LogP contribution in [0.5, 0.6) is 11.5 Å². The zero-order valence-corrected chi connectivity index (χ0v) is 18.1. The first kappa shape index (κ1) is 20.2. The van der Waals surface area contributed by atoms with E-state index in [0.717, 1.165) is 43.9 Å². The molecule has 3 aromatic rings. The molecule has 0 radical (unpaired) electrons. The van der Waals surface area contributed by atoms with Gasteiger partial charge >= 0.3 is 0 Å². The molecule has 0 aliphatic carbocycles. The Morgan fingerprint density at radius 2 is 1.84 bits per heavy atom. The zero-order valence-electron chi connectivity index (χ0n) is 17.4. The van der Waals surface area contributed by atoms with Gasteiger partial charge in [0, 0.05) is 56.5 Å². The van der Waals surface area contributed by atoms with Crippen LogP contribution >= 0.6 is 11.6 Å². The van der Waals surface area contributed by atoms with Crippen LogP contribution in [0, 0.1) is 0 Å². The summed E-state index contributed by atoms with van der Waals surface area (Å²) < 4.78 is 5.59. The summed E-state index contributed by atoms with van der Waals surface area (Å²) in [6, 6.07) is 11.6. The van der Waals surface area contributed by atoms with Gasteiger partial charge in [-0.2, -0.15) is 0 Å². The van der Waals surface area contributed by atoms with E-state index in [4.69, 9.17) is 16.1 Å². The lowest BCUT2D eigenvalue weighted by Crippen LogP contribution is -2.31. The quantitative estimate of drug-likeness (QED) is 0.599. The molecule has 0 atom stereocenters. The van der Waals surface area contributed by atoms with Gasteiger partial charge in [0.25, 0.3) is 0 Å². The third-order valence-corrected chi connectivity index (χ3v) is 6.57. The Balaban J connectivity index is 1.36. The van der Waals surface area contributed by atoms with Crippen molar-refractivity contribution >= 4 is 17.3 Å². The van der Waals surface area contributed by atoms with Crippen LogP contribution < -0.4 is 4.90 Å². The summed E-state index contributed by atoms with van der Waals surface area (Å²) in [5, 5.41) is 24.4. The number of halogens is 1. The molecule has 1 saturated heterocycles. The van der Waals surface area contributed by atoms with E-state index in [0.29, 0.717) is 17.9 Å². The Morgan fingerprint density at radius 1 is 1.00 bits per heavy atom. The van der Waals surface area contributed by atoms with Crippen molar-refractivity contribution < 1.29 is 14.7 Å². The summed E-state index contributed by atoms with van der Waals surface area (Å²) in [6.45, 7) is 4.70. The summed E-state index contributed by atoms with van der Waals surface area (Å²) in [5.41, 5.74) is 4.93. The molecular weight excluding hydrogens is 414 g/mol. The smallest absolute Gasteiger partial charge is 0.175 e. The molecule has 0 unspecified atom stereocenters. The average molecular weight is 440 g/mol. The molecule has 31 heavy (non-hydrogen) atoms. The van der Waals surface area contributed by atoms with E-state index < -0.39 is 0 Å². The molecule has 162 valence electrons. The SMILES string of the molecule is Oc1cc(O)c(-c2onc3c2CN(Cc2cccc(N4CCCCC4)c2)CC3)cc1Cl. The van der Waals surface area contributed by atoms with Gasteiger partial charge in [-0.25, -0.2) is 0 Å². The van der Waals surface area contributed by atoms with Gasteiger partial charge in [-0.15, -0.1) is 0 Å². The maximum atomic E-state index is 10.3. The minimum Gasteiger partial charge on any atom is -0.507 e. The molecule has 1 fully saturated rings. The van der Waals surface area contributed by atoms with Crippen molar-refractivity contribution in [2.75, 3.05) is 24.5 Å². The van der Waals surface area contributed by atoms with E-state index in [1.807, 2.05) is 0 Å². The molecule has 0 saturated carbocycles. The minimum absolute atomic E-state index is 0.0767. The van der Waals surface area contributed by atoms with Gasteiger partial charge in [0.2, 0.25) is 0 Å². The molecule has 2 N–H and O–H groups in total. The van der Waals surface area contributed by atoms with Gasteiger partial charge < -0.3 is 19.6 Å². The van der Waals surface area contributed by atoms with Gasteiger partial charge in [0.05, 0.1) is 16.3 Å². The molecular formula is C24H26ClN3O3. The Kier molecular flexibility index (Phi) is 5.50. The topological polar surface area (TPSA) is 73.0 Å². The maximum absolute atomic E-state index is 10.3. The van der Waals surface area contributed by atoms with Crippen molar-refractivity contribution in [3.63, 3.8) is 0 Å². The van der Waals surface area contributed by atoms with E-state index in [-0.39, 0.29) is 16.5 Å². The number of aromatic nitrogens is 1. The van der Waals surface area contributed by atoms with Crippen molar-refractivity contribution in [3.8, 4) is 22.8 Å². The second kappa shape index (κ2) is 8.44. The lowest BCUT2D eigenvalue weighted by molar-refractivity contribution is 0.245. The molecule has 2 aliphatic heterocycles. The number of aromatic hydroxyl groups is 2. The van der Waals surface area contributed by atoms with Crippen LogP contribution in [0.15, 0.2) is 40.9 Å². The Labute approximate surface area is 186 Å². The Bertz CT molecular complexity index is 1090. The number of phenols is 2. The lowest BCUT2D eigenvalue weighted by Gasteiger charge is -2.30. The van der Waals surface area contributed by atoms with Crippen LogP contribution in [0.3, 0.4) is 0 Å². The number of hydrogen-bond donors (Lipinski definition) is 2. The largest absolute Gasteiger partial charge is 0.507 e. The Hall–Kier alpha value is -2.70. The van der Waals surface area contributed by atoms with Crippen molar-refractivity contribution in [1.29, 1.82) is 0 Å². The van der Waals surface area contributed by atoms with E-state index in [9.17, 15) is 10.2 Å². The summed E-state index contributed by atoms with van der Waals surface area (Å²) >= 11 is 6.06. The first-order valence-corrected chi connectivity index (χ1v) is 11.2. The average Bonchev–Trinajstić information content (AvgIpc) is 3.20. The Morgan fingerprint density at radius 3 is 2.68 bits per heavy atom. The highest BCUT2D eigenvalue weighted by Crippen LogP contribution is 2.40. The minimum atomic E-state index is -0.161. The number of hydrogen-bond acceptors (Lipinski definition) is 6. The maximum Gasteiger partial charge on any atom is 0.175 e. The highest BCUT2D eigenvalue weighted by molar-refractivity contribution is 6.32. The highest BCUT2D eigenvalue weighted by Gasteiger charge is 2.27. The van der Waals surface area contributed by atoms with Crippen molar-refractivity contribution in [2.24, 2.45) is 0 Å². The fraction of sp³-hybridized carbons (Fsp3) is 0.375. The van der Waals surface area contributed by atoms with Crippen LogP contribution in [0.25, 0.3) is 11.3 Å². The fourth-order valence-corrected chi connectivity index (χ4v) is 4.77. The third-order valence-electron chi connectivity index (χ3n) is 6.26. The number of nitrogens with zero attached hydrogens (tertiary/aromatic N) is 3. The molecule has 5 rings (SSSR count). The first-order chi connectivity index (χ1) is 15.1. The van der Waals surface area contributed by atoms with Crippen LogP contribution in [0.1, 0.15) is 36.1 Å². The van der Waals surface area contributed by atoms with Crippen LogP contribution in [-0.2, 0) is 19.5 Å². The molecule has 3 heterocycles. The van der Waals surface area contributed by atoms with Gasteiger partial charge in [0.1, 0.15) is 11.5 Å². The second-order valence-corrected chi connectivity index (χ2v) is 8.84. The normalized spacial score (nSPS) is 17.0. The zero-order chi connectivity index (χ0) is 21.4. The van der Waals surface area contributed by atoms with Crippen molar-refractivity contribution in [1.82, 2.24) is 10.1 Å². The predicted octanol–water partition coefficient (Wildman–Crippen LogP) is 4.95. The summed E-state index contributed by atoms with van der Waals surface area (Å²) in [6.07, 6.45) is 4.65. The number of benzene rings is 2. The van der Waals surface area contributed by atoms with Crippen LogP contribution in [-0.4, -0.2) is 39.9 Å². The van der Waals surface area contributed by atoms with E-state index in [2.05, 4.69) is 39.2 Å². The van der Waals surface area contributed by atoms with Crippen molar-refractivity contribution in [2.45, 2.75) is 38.8 Å². The van der Waals surface area contributed by atoms with Gasteiger partial charge in [-0.3, -0.25) is 4.90 Å². The molecule has 1 aromatic heterocycles. The molecule has 2 aromatic carbocycles. The lowest BCUT2D eigenvalue weighted by atomic mass is 10.00. The fourth-order valence-electron chi connectivity index (χ4n) is 4.61. The van der Waals surface area contributed by atoms with E-state index in [1.54, 1.807) is 0 Å². The van der Waals surface area contributed by atoms with Crippen LogP contribution in [0.2, 0.25) is 5.02 Å². The number of fused-ring (bicyclic) bond motifs is 1. The van der Waals surface area contributed by atoms with Crippen molar-refractivity contribution in [3.05, 3.63) is 58.2 Å². The molecule has 7 heteroatoms. The van der Waals surface area contributed by atoms with Gasteiger partial charge in [-0.1, -0.05) is 28.9 Å². The van der Waals surface area contributed by atoms with Gasteiger partial charge in [0.15, 0.2) is 5.76 Å². The standard InChI is InChI=1S/C24H26ClN3O3/c25-20-12-18(22(29)13-23(20)30)24-19-15-27(10-7-21(19)26-31-24)14-16-5-4-6-17(11-16)28-8-2-1-3-9-28/h4-6,11-13,29-30H,1-3,7-10,14-15H2. The molecule has 0 spiro atoms. The predicted molar refractivity (Wildman–Crippen MR) is 121 cm³/mol. The third kappa shape index (κ3) is 4.10. The number of rotatable bonds is 4. The summed E-state index contributed by atoms with van der Waals surface area (Å²) in [4.78, 5) is 4.86. The van der Waals surface area contributed by atoms with E-state index >= 15 is 0 Å². The summed E-state index contributed by atoms with van der Waals surface area (Å²) in [5.74, 6) is 0.278. The molecule has 6 nitrogen and oxygen atoms in total. The molecule has 2 aliphatic rings. The van der Waals surface area contributed by atoms with Crippen LogP contribution in [0.4, 0.5) is 5.69 Å². The molecule has 0 amide bonds.